The number of amides is 1. The second-order valence-electron chi connectivity index (χ2n) is 11.7. The van der Waals surface area contributed by atoms with Gasteiger partial charge in [-0.1, -0.05) is 20.8 Å². The molecule has 2 heterocycles. The zero-order chi connectivity index (χ0) is 29.5. The predicted molar refractivity (Wildman–Crippen MR) is 156 cm³/mol. The van der Waals surface area contributed by atoms with Crippen LogP contribution in [0.2, 0.25) is 0 Å². The molecule has 0 unspecified atom stereocenters. The molecule has 2 aliphatic heterocycles. The van der Waals surface area contributed by atoms with Gasteiger partial charge < -0.3 is 34.6 Å². The van der Waals surface area contributed by atoms with Crippen LogP contribution < -0.4 is 19.9 Å². The maximum atomic E-state index is 13.8. The van der Waals surface area contributed by atoms with Crippen molar-refractivity contribution < 1.29 is 24.2 Å². The molecule has 1 fully saturated rings. The van der Waals surface area contributed by atoms with Crippen molar-refractivity contribution >= 4 is 28.9 Å². The summed E-state index contributed by atoms with van der Waals surface area (Å²) < 4.78 is 11.3. The Morgan fingerprint density at radius 2 is 1.85 bits per heavy atom. The normalized spacial score (nSPS) is 18.7. The van der Waals surface area contributed by atoms with Crippen LogP contribution in [0.15, 0.2) is 24.3 Å². The van der Waals surface area contributed by atoms with Crippen LogP contribution in [0.4, 0.5) is 11.4 Å². The van der Waals surface area contributed by atoms with Crippen molar-refractivity contribution in [1.82, 2.24) is 10.2 Å². The third-order valence-corrected chi connectivity index (χ3v) is 7.73. The lowest BCUT2D eigenvalue weighted by atomic mass is 9.84. The van der Waals surface area contributed by atoms with Crippen LogP contribution in [0, 0.1) is 5.41 Å². The Hall–Kier alpha value is -3.63. The monoisotopic (exact) mass is 551 g/mol. The van der Waals surface area contributed by atoms with Gasteiger partial charge in [0.05, 0.1) is 31.0 Å². The summed E-state index contributed by atoms with van der Waals surface area (Å²) in [5.74, 6) is 0.535. The third-order valence-electron chi connectivity index (χ3n) is 7.73. The molecule has 0 aromatic heterocycles. The first-order chi connectivity index (χ1) is 18.8. The zero-order valence-corrected chi connectivity index (χ0v) is 24.7. The molecule has 216 valence electrons. The molecular weight excluding hydrogens is 510 g/mol. The van der Waals surface area contributed by atoms with Gasteiger partial charge in [0.2, 0.25) is 0 Å². The largest absolute Gasteiger partial charge is 0.494 e. The molecule has 0 bridgehead atoms. The van der Waals surface area contributed by atoms with E-state index in [0.717, 1.165) is 22.5 Å². The van der Waals surface area contributed by atoms with Crippen LogP contribution in [0.5, 0.6) is 5.75 Å². The Balaban J connectivity index is 1.68. The standard InChI is InChI=1S/C30H41N5O5/c1-30(2,3)21-9-17(10-23(27(21)40-8)34-15-25(37)26(16-34)39-7)24(36)14-35-13-18-11-22(33(5)6)20(29(38)32-4)12-19(18)28(35)31/h9-12,25-26,31,37H,13-16H2,1-8H3,(H,32,38)/t25-,26-/m1/s1. The van der Waals surface area contributed by atoms with E-state index in [2.05, 4.69) is 26.1 Å². The van der Waals surface area contributed by atoms with Crippen LogP contribution >= 0.6 is 0 Å². The Bertz CT molecular complexity index is 1330. The molecule has 0 saturated carbocycles. The molecule has 2 atom stereocenters. The van der Waals surface area contributed by atoms with E-state index in [9.17, 15) is 14.7 Å². The fraction of sp³-hybridized carbons (Fsp3) is 0.500. The number of methoxy groups -OCH3 is 2. The molecule has 3 N–H and O–H groups in total. The lowest BCUT2D eigenvalue weighted by Crippen LogP contribution is -2.31. The summed E-state index contributed by atoms with van der Waals surface area (Å²) in [7, 11) is 8.53. The molecule has 2 aromatic carbocycles. The highest BCUT2D eigenvalue weighted by Crippen LogP contribution is 2.41. The van der Waals surface area contributed by atoms with Crippen LogP contribution in [0.3, 0.4) is 0 Å². The van der Waals surface area contributed by atoms with Gasteiger partial charge in [-0.15, -0.1) is 0 Å². The van der Waals surface area contributed by atoms with E-state index in [-0.39, 0.29) is 35.6 Å². The molecule has 2 aliphatic rings. The highest BCUT2D eigenvalue weighted by molar-refractivity contribution is 6.08. The Morgan fingerprint density at radius 1 is 1.15 bits per heavy atom. The molecule has 1 saturated heterocycles. The summed E-state index contributed by atoms with van der Waals surface area (Å²) >= 11 is 0. The number of carbonyl (C=O) groups excluding carboxylic acids is 2. The summed E-state index contributed by atoms with van der Waals surface area (Å²) in [4.78, 5) is 31.9. The van der Waals surface area contributed by atoms with E-state index in [1.165, 1.54) is 0 Å². The van der Waals surface area contributed by atoms with E-state index >= 15 is 0 Å². The quantitative estimate of drug-likeness (QED) is 0.429. The Morgan fingerprint density at radius 3 is 2.40 bits per heavy atom. The molecule has 1 amide bonds. The molecule has 2 aromatic rings. The number of hydrogen-bond donors (Lipinski definition) is 3. The van der Waals surface area contributed by atoms with Crippen molar-refractivity contribution in [2.24, 2.45) is 0 Å². The number of aliphatic hydroxyl groups excluding tert-OH is 1. The second-order valence-corrected chi connectivity index (χ2v) is 11.7. The Labute approximate surface area is 236 Å². The van der Waals surface area contributed by atoms with Crippen molar-refractivity contribution in [3.8, 4) is 5.75 Å². The van der Waals surface area contributed by atoms with Gasteiger partial charge in [-0.3, -0.25) is 15.0 Å². The van der Waals surface area contributed by atoms with E-state index in [4.69, 9.17) is 14.9 Å². The summed E-state index contributed by atoms with van der Waals surface area (Å²) in [5.41, 5.74) is 4.62. The molecular formula is C30H41N5O5. The van der Waals surface area contributed by atoms with Gasteiger partial charge in [-0.25, -0.2) is 0 Å². The number of β-amino-alcohol motifs (C(OH)–C–C–N with tert-alkyl or cyclic N) is 1. The fourth-order valence-electron chi connectivity index (χ4n) is 5.49. The highest BCUT2D eigenvalue weighted by atomic mass is 16.5. The van der Waals surface area contributed by atoms with Crippen molar-refractivity contribution in [2.45, 2.75) is 44.9 Å². The van der Waals surface area contributed by atoms with Gasteiger partial charge >= 0.3 is 0 Å². The molecule has 40 heavy (non-hydrogen) atoms. The van der Waals surface area contributed by atoms with Crippen LogP contribution in [0.25, 0.3) is 0 Å². The number of benzene rings is 2. The highest BCUT2D eigenvalue weighted by Gasteiger charge is 2.35. The Kier molecular flexibility index (Phi) is 8.14. The van der Waals surface area contributed by atoms with Gasteiger partial charge in [0, 0.05) is 70.3 Å². The van der Waals surface area contributed by atoms with Crippen molar-refractivity contribution in [3.63, 3.8) is 0 Å². The number of fused-ring (bicyclic) bond motifs is 1. The number of hydrogen-bond acceptors (Lipinski definition) is 8. The molecule has 4 rings (SSSR count). The lowest BCUT2D eigenvalue weighted by molar-refractivity contribution is 0.0217. The summed E-state index contributed by atoms with van der Waals surface area (Å²) in [6.07, 6.45) is -0.986. The third kappa shape index (κ3) is 5.38. The topological polar surface area (TPSA) is 118 Å². The number of ketones is 1. The van der Waals surface area contributed by atoms with Gasteiger partial charge in [0.25, 0.3) is 5.91 Å². The summed E-state index contributed by atoms with van der Waals surface area (Å²) in [5, 5.41) is 22.0. The number of nitrogens with zero attached hydrogens (tertiary/aromatic N) is 3. The minimum atomic E-state index is -0.650. The average molecular weight is 552 g/mol. The van der Waals surface area contributed by atoms with Crippen molar-refractivity contribution in [2.75, 3.05) is 64.8 Å². The number of amidine groups is 1. The zero-order valence-electron chi connectivity index (χ0n) is 24.7. The molecule has 0 spiro atoms. The number of Topliss-reactive ketones (excluding diaryl/α,β-unsaturated/α-hetero) is 1. The van der Waals surface area contributed by atoms with Crippen molar-refractivity contribution in [1.29, 1.82) is 5.41 Å². The second kappa shape index (κ2) is 11.1. The number of carbonyl (C=O) groups is 2. The summed E-state index contributed by atoms with van der Waals surface area (Å²) in [6, 6.07) is 7.37. The SMILES string of the molecule is CNC(=O)c1cc2c(cc1N(C)C)CN(CC(=O)c1cc(N3C[C@@H](O)[C@H](OC)C3)c(OC)c(C(C)(C)C)c1)C2=N. The number of rotatable bonds is 8. The van der Waals surface area contributed by atoms with E-state index < -0.39 is 6.10 Å². The maximum Gasteiger partial charge on any atom is 0.253 e. The van der Waals surface area contributed by atoms with Crippen molar-refractivity contribution in [3.05, 3.63) is 52.1 Å². The number of nitrogens with one attached hydrogen (secondary N) is 2. The minimum Gasteiger partial charge on any atom is -0.494 e. The number of ether oxygens (including phenoxy) is 2. The van der Waals surface area contributed by atoms with Gasteiger partial charge in [-0.2, -0.15) is 0 Å². The van der Waals surface area contributed by atoms with Gasteiger partial charge in [0.15, 0.2) is 5.78 Å². The lowest BCUT2D eigenvalue weighted by Gasteiger charge is -2.29. The predicted octanol–water partition coefficient (Wildman–Crippen LogP) is 2.64. The van der Waals surface area contributed by atoms with E-state index in [1.54, 1.807) is 32.2 Å². The molecule has 0 aliphatic carbocycles. The first kappa shape index (κ1) is 29.4. The molecule has 10 heteroatoms. The number of aliphatic hydroxyl groups is 1. The van der Waals surface area contributed by atoms with Gasteiger partial charge in [0.1, 0.15) is 17.7 Å². The smallest absolute Gasteiger partial charge is 0.253 e. The summed E-state index contributed by atoms with van der Waals surface area (Å²) in [6.45, 7) is 7.46. The van der Waals surface area contributed by atoms with Crippen LogP contribution in [0.1, 0.15) is 58.2 Å². The van der Waals surface area contributed by atoms with E-state index in [1.807, 2.05) is 42.1 Å². The van der Waals surface area contributed by atoms with Crippen LogP contribution in [-0.4, -0.2) is 94.7 Å². The number of anilines is 2. The maximum absolute atomic E-state index is 13.8. The average Bonchev–Trinajstić information content (AvgIpc) is 3.44. The first-order valence-corrected chi connectivity index (χ1v) is 13.4. The van der Waals surface area contributed by atoms with Gasteiger partial charge in [-0.05, 0) is 35.2 Å². The fourth-order valence-corrected chi connectivity index (χ4v) is 5.49. The minimum absolute atomic E-state index is 0.0127. The van der Waals surface area contributed by atoms with E-state index in [0.29, 0.717) is 42.1 Å². The molecule has 10 nitrogen and oxygen atoms in total. The molecule has 0 radical (unpaired) electrons. The van der Waals surface area contributed by atoms with Crippen LogP contribution in [-0.2, 0) is 16.7 Å². The first-order valence-electron chi connectivity index (χ1n) is 13.4.